The molecule has 0 N–H and O–H groups in total. The van der Waals surface area contributed by atoms with Gasteiger partial charge in [0.1, 0.15) is 0 Å². The van der Waals surface area contributed by atoms with Crippen LogP contribution in [0.4, 0.5) is 0 Å². The van der Waals surface area contributed by atoms with Crippen molar-refractivity contribution < 1.29 is 10.2 Å². The minimum absolute atomic E-state index is 0. The molecule has 2 aromatic carbocycles. The summed E-state index contributed by atoms with van der Waals surface area (Å²) in [5, 5.41) is 24.5. The minimum atomic E-state index is -0.0711. The van der Waals surface area contributed by atoms with E-state index in [1.165, 1.54) is 12.8 Å². The molecule has 0 aliphatic heterocycles. The van der Waals surface area contributed by atoms with E-state index in [1.807, 2.05) is 36.4 Å². The van der Waals surface area contributed by atoms with E-state index in [-0.39, 0.29) is 79.3 Å². The van der Waals surface area contributed by atoms with Gasteiger partial charge in [-0.05, 0) is 21.7 Å². The SMILES string of the molecule is CC(C)(C)c1cccc(C(C)(C)C)c1[O-].CC(C)(C)c1cccc(C(C)(C)C)c1[O-].C[CH-]CC.C[CH-]CC.[Mg+2].[Mg+2]. The molecule has 0 amide bonds. The first kappa shape index (κ1) is 46.5. The normalized spacial score (nSPS) is 11.2. The molecule has 0 aromatic heterocycles. The molecule has 0 aliphatic rings. The van der Waals surface area contributed by atoms with Crippen LogP contribution in [0.1, 0.15) is 146 Å². The van der Waals surface area contributed by atoms with Gasteiger partial charge in [-0.25, -0.2) is 0 Å². The number of rotatable bonds is 2. The Hall–Kier alpha value is -0.428. The third kappa shape index (κ3) is 17.5. The number of hydrogen-bond donors (Lipinski definition) is 0. The van der Waals surface area contributed by atoms with Gasteiger partial charge in [0, 0.05) is 0 Å². The van der Waals surface area contributed by atoms with Crippen molar-refractivity contribution in [2.45, 2.75) is 145 Å². The molecule has 0 atom stereocenters. The second-order valence-corrected chi connectivity index (χ2v) is 14.0. The van der Waals surface area contributed by atoms with Gasteiger partial charge in [-0.3, -0.25) is 0 Å². The standard InChI is InChI=1S/2C14H22O.2C4H9.2Mg/c2*1-13(2,3)10-8-7-9-11(12(10)15)14(4,5)6;2*1-3-4-2;;/h2*7-9,15H,1-6H3;2*3H,4H2,1-2H3;;/q;;2*-1;2*+2/p-2. The maximum absolute atomic E-state index is 12.3. The van der Waals surface area contributed by atoms with Gasteiger partial charge in [-0.2, -0.15) is 26.7 Å². The molecule has 4 heteroatoms. The molecule has 40 heavy (non-hydrogen) atoms. The second kappa shape index (κ2) is 20.5. The predicted molar refractivity (Wildman–Crippen MR) is 179 cm³/mol. The summed E-state index contributed by atoms with van der Waals surface area (Å²) in [4.78, 5) is 0. The molecule has 2 aromatic rings. The Bertz CT molecular complexity index is 776. The Morgan fingerprint density at radius 3 is 0.725 bits per heavy atom. The first-order valence-corrected chi connectivity index (χ1v) is 14.3. The van der Waals surface area contributed by atoms with Crippen LogP contribution in [0.25, 0.3) is 0 Å². The molecule has 0 aliphatic carbocycles. The van der Waals surface area contributed by atoms with Crippen LogP contribution in [0.2, 0.25) is 0 Å². The molecule has 0 spiro atoms. The van der Waals surface area contributed by atoms with Crippen LogP contribution >= 0.6 is 0 Å². The van der Waals surface area contributed by atoms with Crippen molar-refractivity contribution in [3.05, 3.63) is 71.5 Å². The van der Waals surface area contributed by atoms with Gasteiger partial charge in [0.05, 0.1) is 0 Å². The maximum atomic E-state index is 12.3. The fourth-order valence-corrected chi connectivity index (χ4v) is 3.44. The van der Waals surface area contributed by atoms with E-state index in [9.17, 15) is 10.2 Å². The molecule has 0 bridgehead atoms. The van der Waals surface area contributed by atoms with Gasteiger partial charge in [-0.1, -0.05) is 156 Å². The summed E-state index contributed by atoms with van der Waals surface area (Å²) in [6, 6.07) is 11.7. The molecule has 0 unspecified atom stereocenters. The summed E-state index contributed by atoms with van der Waals surface area (Å²) in [7, 11) is 0. The first-order valence-electron chi connectivity index (χ1n) is 14.3. The quantitative estimate of drug-likeness (QED) is 0.266. The third-order valence-corrected chi connectivity index (χ3v) is 6.08. The largest absolute Gasteiger partial charge is 2.00 e. The average Bonchev–Trinajstić information content (AvgIpc) is 2.77. The van der Waals surface area contributed by atoms with E-state index < -0.39 is 0 Å². The van der Waals surface area contributed by atoms with E-state index >= 15 is 0 Å². The first-order chi connectivity index (χ1) is 17.1. The number of hydrogen-bond acceptors (Lipinski definition) is 2. The van der Waals surface area contributed by atoms with E-state index in [4.69, 9.17) is 0 Å². The van der Waals surface area contributed by atoms with E-state index in [0.717, 1.165) is 22.3 Å². The van der Waals surface area contributed by atoms with Crippen molar-refractivity contribution in [3.8, 4) is 11.5 Å². The van der Waals surface area contributed by atoms with E-state index in [2.05, 4.69) is 124 Å². The molecule has 0 saturated heterocycles. The van der Waals surface area contributed by atoms with Gasteiger partial charge >= 0.3 is 46.1 Å². The van der Waals surface area contributed by atoms with Crippen molar-refractivity contribution in [2.24, 2.45) is 0 Å². The zero-order chi connectivity index (χ0) is 30.5. The van der Waals surface area contributed by atoms with Crippen molar-refractivity contribution in [1.29, 1.82) is 0 Å². The number of para-hydroxylation sites is 2. The monoisotopic (exact) mass is 572 g/mol. The molecule has 0 fully saturated rings. The Kier molecular flexibility index (Phi) is 23.8. The van der Waals surface area contributed by atoms with Crippen molar-refractivity contribution in [1.82, 2.24) is 0 Å². The van der Waals surface area contributed by atoms with Crippen LogP contribution in [0, 0.1) is 12.8 Å². The van der Waals surface area contributed by atoms with Crippen LogP contribution < -0.4 is 10.2 Å². The predicted octanol–water partition coefficient (Wildman–Crippen LogP) is 9.19. The fraction of sp³-hybridized carbons (Fsp3) is 0.611. The topological polar surface area (TPSA) is 46.1 Å². The Morgan fingerprint density at radius 2 is 0.625 bits per heavy atom. The Labute approximate surface area is 282 Å². The van der Waals surface area contributed by atoms with Gasteiger partial charge in [-0.15, -0.1) is 11.5 Å². The van der Waals surface area contributed by atoms with Crippen molar-refractivity contribution in [2.75, 3.05) is 0 Å². The average molecular weight is 573 g/mol. The van der Waals surface area contributed by atoms with Gasteiger partial charge < -0.3 is 23.1 Å². The van der Waals surface area contributed by atoms with Crippen LogP contribution in [0.15, 0.2) is 36.4 Å². The smallest absolute Gasteiger partial charge is 0.872 e. The third-order valence-electron chi connectivity index (χ3n) is 6.08. The van der Waals surface area contributed by atoms with Crippen molar-refractivity contribution >= 4 is 46.1 Å². The van der Waals surface area contributed by atoms with Crippen LogP contribution in [0.3, 0.4) is 0 Å². The molecule has 0 heterocycles. The molecular formula is C36H60Mg2O2. The maximum Gasteiger partial charge on any atom is 2.00 e. The summed E-state index contributed by atoms with van der Waals surface area (Å²) < 4.78 is 0. The molecule has 220 valence electrons. The Balaban J connectivity index is -0.000000246. The van der Waals surface area contributed by atoms with E-state index in [1.54, 1.807) is 0 Å². The number of unbranched alkanes of at least 4 members (excludes halogenated alkanes) is 2. The zero-order valence-electron chi connectivity index (χ0n) is 29.3. The van der Waals surface area contributed by atoms with Crippen molar-refractivity contribution in [3.63, 3.8) is 0 Å². The van der Waals surface area contributed by atoms with Crippen LogP contribution in [-0.4, -0.2) is 46.1 Å². The number of benzene rings is 2. The molecule has 2 rings (SSSR count). The van der Waals surface area contributed by atoms with Gasteiger partial charge in [0.2, 0.25) is 0 Å². The molecule has 2 nitrogen and oxygen atoms in total. The van der Waals surface area contributed by atoms with Gasteiger partial charge in [0.25, 0.3) is 0 Å². The fourth-order valence-electron chi connectivity index (χ4n) is 3.44. The summed E-state index contributed by atoms with van der Waals surface area (Å²) in [6.45, 7) is 33.3. The second-order valence-electron chi connectivity index (χ2n) is 14.0. The molecular weight excluding hydrogens is 513 g/mol. The molecule has 0 saturated carbocycles. The summed E-state index contributed by atoms with van der Waals surface area (Å²) in [6.07, 6.45) is 6.64. The van der Waals surface area contributed by atoms with E-state index in [0.29, 0.717) is 0 Å². The summed E-state index contributed by atoms with van der Waals surface area (Å²) >= 11 is 0. The van der Waals surface area contributed by atoms with Crippen LogP contribution in [0.5, 0.6) is 11.5 Å². The zero-order valence-corrected chi connectivity index (χ0v) is 32.1. The Morgan fingerprint density at radius 1 is 0.475 bits per heavy atom. The molecule has 0 radical (unpaired) electrons. The minimum Gasteiger partial charge on any atom is -0.872 e. The van der Waals surface area contributed by atoms with Crippen LogP contribution in [-0.2, 0) is 21.7 Å². The van der Waals surface area contributed by atoms with Gasteiger partial charge in [0.15, 0.2) is 0 Å². The summed E-state index contributed by atoms with van der Waals surface area (Å²) in [5.41, 5.74) is 3.36. The summed E-state index contributed by atoms with van der Waals surface area (Å²) in [5.74, 6) is 0.412.